The summed E-state index contributed by atoms with van der Waals surface area (Å²) in [5, 5.41) is 2.92. The maximum absolute atomic E-state index is 12.3. The molecule has 0 spiro atoms. The van der Waals surface area contributed by atoms with Gasteiger partial charge >= 0.3 is 0 Å². The van der Waals surface area contributed by atoms with E-state index in [0.717, 1.165) is 17.9 Å². The Morgan fingerprint density at radius 3 is 2.00 bits per heavy atom. The highest BCUT2D eigenvalue weighted by atomic mass is 16.2. The predicted octanol–water partition coefficient (Wildman–Crippen LogP) is 2.38. The van der Waals surface area contributed by atoms with Gasteiger partial charge in [0.25, 0.3) is 11.8 Å². The van der Waals surface area contributed by atoms with Crippen molar-refractivity contribution in [2.45, 2.75) is 33.7 Å². The van der Waals surface area contributed by atoms with Crippen molar-refractivity contribution < 1.29 is 14.5 Å². The highest BCUT2D eigenvalue weighted by molar-refractivity contribution is 5.96. The SMILES string of the molecule is CCc1ccc(C[NH+](C)CC(=O)Nc2ccc(C(=O)N(CC)CC)cc2)cc1. The number of anilines is 1. The molecule has 2 N–H and O–H groups in total. The standard InChI is InChI=1S/C23H31N3O2/c1-5-18-8-10-19(11-9-18)16-25(4)17-22(27)24-21-14-12-20(13-15-21)23(28)26(6-2)7-3/h8-15H,5-7,16-17H2,1-4H3,(H,24,27)/p+1. The van der Waals surface area contributed by atoms with Crippen LogP contribution in [-0.2, 0) is 17.8 Å². The number of benzene rings is 2. The van der Waals surface area contributed by atoms with Crippen LogP contribution in [-0.4, -0.2) is 43.4 Å². The van der Waals surface area contributed by atoms with Gasteiger partial charge in [0.2, 0.25) is 0 Å². The van der Waals surface area contributed by atoms with Crippen molar-refractivity contribution >= 4 is 17.5 Å². The second kappa shape index (κ2) is 10.6. The number of quaternary nitrogens is 1. The summed E-state index contributed by atoms with van der Waals surface area (Å²) in [4.78, 5) is 27.6. The predicted molar refractivity (Wildman–Crippen MR) is 114 cm³/mol. The monoisotopic (exact) mass is 382 g/mol. The molecule has 0 saturated carbocycles. The summed E-state index contributed by atoms with van der Waals surface area (Å²) in [6, 6.07) is 15.6. The zero-order valence-electron chi connectivity index (χ0n) is 17.4. The van der Waals surface area contributed by atoms with Crippen molar-refractivity contribution in [1.29, 1.82) is 0 Å². The van der Waals surface area contributed by atoms with E-state index < -0.39 is 0 Å². The van der Waals surface area contributed by atoms with Gasteiger partial charge in [-0.05, 0) is 50.1 Å². The summed E-state index contributed by atoms with van der Waals surface area (Å²) in [6.07, 6.45) is 1.03. The van der Waals surface area contributed by atoms with Crippen LogP contribution in [0.3, 0.4) is 0 Å². The number of hydrogen-bond donors (Lipinski definition) is 2. The van der Waals surface area contributed by atoms with E-state index in [4.69, 9.17) is 0 Å². The van der Waals surface area contributed by atoms with Crippen LogP contribution < -0.4 is 10.2 Å². The molecular formula is C23H32N3O2+. The normalized spacial score (nSPS) is 11.7. The third kappa shape index (κ3) is 6.20. The molecule has 0 fully saturated rings. The minimum Gasteiger partial charge on any atom is -0.339 e. The summed E-state index contributed by atoms with van der Waals surface area (Å²) in [7, 11) is 2.01. The number of likely N-dealkylation sites (N-methyl/N-ethyl adjacent to an activating group) is 1. The number of rotatable bonds is 9. The fourth-order valence-corrected chi connectivity index (χ4v) is 3.17. The average molecular weight is 383 g/mol. The van der Waals surface area contributed by atoms with E-state index in [9.17, 15) is 9.59 Å². The molecule has 0 bridgehead atoms. The van der Waals surface area contributed by atoms with Crippen LogP contribution in [0.4, 0.5) is 5.69 Å². The fourth-order valence-electron chi connectivity index (χ4n) is 3.17. The Hall–Kier alpha value is -2.66. The lowest BCUT2D eigenvalue weighted by atomic mass is 10.1. The molecule has 0 saturated heterocycles. The maximum atomic E-state index is 12.3. The van der Waals surface area contributed by atoms with Crippen LogP contribution in [0.1, 0.15) is 42.3 Å². The number of amides is 2. The molecule has 0 heterocycles. The van der Waals surface area contributed by atoms with Gasteiger partial charge in [-0.25, -0.2) is 0 Å². The largest absolute Gasteiger partial charge is 0.339 e. The van der Waals surface area contributed by atoms with Gasteiger partial charge < -0.3 is 15.1 Å². The lowest BCUT2D eigenvalue weighted by molar-refractivity contribution is -0.885. The van der Waals surface area contributed by atoms with E-state index in [1.54, 1.807) is 29.2 Å². The van der Waals surface area contributed by atoms with Crippen LogP contribution >= 0.6 is 0 Å². The van der Waals surface area contributed by atoms with Crippen molar-refractivity contribution in [2.75, 3.05) is 32.0 Å². The number of nitrogens with zero attached hydrogens (tertiary/aromatic N) is 1. The Labute approximate surface area is 168 Å². The molecule has 2 aromatic carbocycles. The van der Waals surface area contributed by atoms with E-state index in [-0.39, 0.29) is 11.8 Å². The Bertz CT molecular complexity index is 765. The molecule has 0 aliphatic carbocycles. The number of nitrogens with one attached hydrogen (secondary N) is 2. The molecular weight excluding hydrogens is 350 g/mol. The molecule has 2 amide bonds. The number of carbonyl (C=O) groups is 2. The first kappa shape index (κ1) is 21.6. The molecule has 1 unspecified atom stereocenters. The molecule has 0 aliphatic heterocycles. The Morgan fingerprint density at radius 2 is 1.46 bits per heavy atom. The second-order valence-electron chi connectivity index (χ2n) is 7.08. The van der Waals surface area contributed by atoms with Gasteiger partial charge in [-0.2, -0.15) is 0 Å². The molecule has 5 nitrogen and oxygen atoms in total. The van der Waals surface area contributed by atoms with Gasteiger partial charge in [0.05, 0.1) is 7.05 Å². The maximum Gasteiger partial charge on any atom is 0.279 e. The lowest BCUT2D eigenvalue weighted by Gasteiger charge is -2.18. The van der Waals surface area contributed by atoms with Crippen molar-refractivity contribution in [3.63, 3.8) is 0 Å². The summed E-state index contributed by atoms with van der Waals surface area (Å²) in [6.45, 7) is 8.63. The van der Waals surface area contributed by atoms with Gasteiger partial charge in [0.1, 0.15) is 6.54 Å². The Morgan fingerprint density at radius 1 is 0.893 bits per heavy atom. The second-order valence-corrected chi connectivity index (χ2v) is 7.08. The summed E-state index contributed by atoms with van der Waals surface area (Å²) >= 11 is 0. The van der Waals surface area contributed by atoms with Gasteiger partial charge in [-0.3, -0.25) is 9.59 Å². The van der Waals surface area contributed by atoms with E-state index >= 15 is 0 Å². The van der Waals surface area contributed by atoms with Crippen molar-refractivity contribution in [2.24, 2.45) is 0 Å². The van der Waals surface area contributed by atoms with Gasteiger partial charge in [0.15, 0.2) is 6.54 Å². The number of aryl methyl sites for hydroxylation is 1. The van der Waals surface area contributed by atoms with Crippen LogP contribution in [0.15, 0.2) is 48.5 Å². The molecule has 2 rings (SSSR count). The van der Waals surface area contributed by atoms with Crippen LogP contribution in [0.5, 0.6) is 0 Å². The van der Waals surface area contributed by atoms with Gasteiger partial charge in [-0.1, -0.05) is 31.2 Å². The molecule has 5 heteroatoms. The van der Waals surface area contributed by atoms with Crippen LogP contribution in [0.2, 0.25) is 0 Å². The number of carbonyl (C=O) groups excluding carboxylic acids is 2. The van der Waals surface area contributed by atoms with Crippen molar-refractivity contribution in [3.8, 4) is 0 Å². The fraction of sp³-hybridized carbons (Fsp3) is 0.391. The van der Waals surface area contributed by atoms with Crippen molar-refractivity contribution in [3.05, 3.63) is 65.2 Å². The smallest absolute Gasteiger partial charge is 0.279 e. The minimum absolute atomic E-state index is 0.0149. The van der Waals surface area contributed by atoms with E-state index in [1.165, 1.54) is 11.1 Å². The molecule has 1 atom stereocenters. The topological polar surface area (TPSA) is 53.9 Å². The van der Waals surface area contributed by atoms with Crippen LogP contribution in [0, 0.1) is 0 Å². The zero-order chi connectivity index (χ0) is 20.5. The summed E-state index contributed by atoms with van der Waals surface area (Å²) in [5.74, 6) is -0.0216. The molecule has 2 aromatic rings. The summed E-state index contributed by atoms with van der Waals surface area (Å²) in [5.41, 5.74) is 3.89. The first-order valence-electron chi connectivity index (χ1n) is 10.0. The molecule has 150 valence electrons. The third-order valence-electron chi connectivity index (χ3n) is 4.87. The zero-order valence-corrected chi connectivity index (χ0v) is 17.4. The molecule has 28 heavy (non-hydrogen) atoms. The lowest BCUT2D eigenvalue weighted by Crippen LogP contribution is -3.08. The van der Waals surface area contributed by atoms with E-state index in [0.29, 0.717) is 30.9 Å². The molecule has 0 aliphatic rings. The van der Waals surface area contributed by atoms with E-state index in [2.05, 4.69) is 36.5 Å². The van der Waals surface area contributed by atoms with E-state index in [1.807, 2.05) is 20.9 Å². The molecule has 0 aromatic heterocycles. The van der Waals surface area contributed by atoms with Crippen LogP contribution in [0.25, 0.3) is 0 Å². The average Bonchev–Trinajstić information content (AvgIpc) is 2.69. The summed E-state index contributed by atoms with van der Waals surface area (Å²) < 4.78 is 0. The third-order valence-corrected chi connectivity index (χ3v) is 4.87. The number of hydrogen-bond acceptors (Lipinski definition) is 2. The first-order valence-corrected chi connectivity index (χ1v) is 10.0. The minimum atomic E-state index is -0.0366. The first-order chi connectivity index (χ1) is 13.5. The quantitative estimate of drug-likeness (QED) is 0.700. The Kier molecular flexibility index (Phi) is 8.20. The van der Waals surface area contributed by atoms with Crippen molar-refractivity contribution in [1.82, 2.24) is 4.90 Å². The highest BCUT2D eigenvalue weighted by Crippen LogP contribution is 2.11. The van der Waals surface area contributed by atoms with Gasteiger partial charge in [-0.15, -0.1) is 0 Å². The van der Waals surface area contributed by atoms with Gasteiger partial charge in [0, 0.05) is 29.9 Å². The molecule has 0 radical (unpaired) electrons. The highest BCUT2D eigenvalue weighted by Gasteiger charge is 2.14. The Balaban J connectivity index is 1.87.